The average Bonchev–Trinajstić information content (AvgIpc) is 3.12. The first-order valence-electron chi connectivity index (χ1n) is 34.3. The van der Waals surface area contributed by atoms with Crippen LogP contribution in [0.3, 0.4) is 0 Å². The first-order valence-corrected chi connectivity index (χ1v) is 34.3. The molecule has 1 aliphatic rings. The summed E-state index contributed by atoms with van der Waals surface area (Å²) in [6.07, 6.45) is 73.7. The minimum absolute atomic E-state index is 0.107. The molecule has 0 bridgehead atoms. The number of aliphatic hydroxyl groups is 5. The Morgan fingerprint density at radius 3 is 1.29 bits per heavy atom. The number of esters is 1. The molecule has 11 heteroatoms. The van der Waals surface area contributed by atoms with E-state index < -0.39 is 67.4 Å². The first-order chi connectivity index (χ1) is 41.7. The van der Waals surface area contributed by atoms with Gasteiger partial charge in [0.25, 0.3) is 0 Å². The van der Waals surface area contributed by atoms with Gasteiger partial charge in [-0.15, -0.1) is 0 Å². The lowest BCUT2D eigenvalue weighted by Gasteiger charge is -2.41. The van der Waals surface area contributed by atoms with Crippen LogP contribution in [0.4, 0.5) is 0 Å². The summed E-state index contributed by atoms with van der Waals surface area (Å²) in [7, 11) is 0. The molecule has 0 spiro atoms. The zero-order valence-corrected chi connectivity index (χ0v) is 53.9. The van der Waals surface area contributed by atoms with Crippen molar-refractivity contribution >= 4 is 11.9 Å². The minimum Gasteiger partial charge on any atom is -0.454 e. The topological polar surface area (TPSA) is 175 Å². The zero-order valence-electron chi connectivity index (χ0n) is 53.9. The van der Waals surface area contributed by atoms with Crippen molar-refractivity contribution in [1.82, 2.24) is 5.32 Å². The second-order valence-corrected chi connectivity index (χ2v) is 23.2. The third-order valence-corrected chi connectivity index (χ3v) is 15.3. The van der Waals surface area contributed by atoms with Gasteiger partial charge in [-0.1, -0.05) is 271 Å². The highest BCUT2D eigenvalue weighted by atomic mass is 16.7. The van der Waals surface area contributed by atoms with Crippen molar-refractivity contribution in [2.45, 2.75) is 320 Å². The fraction of sp³-hybridized carbons (Fsp3) is 0.703. The second kappa shape index (κ2) is 60.3. The van der Waals surface area contributed by atoms with Crippen LogP contribution in [0, 0.1) is 0 Å². The Hall–Kier alpha value is -3.94. The Morgan fingerprint density at radius 1 is 0.471 bits per heavy atom. The van der Waals surface area contributed by atoms with Gasteiger partial charge < -0.3 is 45.1 Å². The summed E-state index contributed by atoms with van der Waals surface area (Å²) >= 11 is 0. The number of carbonyl (C=O) groups is 2. The number of allylic oxidation sites excluding steroid dienone is 19. The number of unbranched alkanes of at least 4 members (excludes halogenated alkanes) is 25. The lowest BCUT2D eigenvalue weighted by molar-refractivity contribution is -0.305. The summed E-state index contributed by atoms with van der Waals surface area (Å²) in [4.78, 5) is 26.6. The predicted molar refractivity (Wildman–Crippen MR) is 356 cm³/mol. The van der Waals surface area contributed by atoms with Gasteiger partial charge in [0.2, 0.25) is 5.91 Å². The molecule has 0 saturated carbocycles. The van der Waals surface area contributed by atoms with E-state index in [4.69, 9.17) is 14.2 Å². The summed E-state index contributed by atoms with van der Waals surface area (Å²) in [5.41, 5.74) is 0. The van der Waals surface area contributed by atoms with Gasteiger partial charge in [-0.3, -0.25) is 9.59 Å². The van der Waals surface area contributed by atoms with Crippen LogP contribution < -0.4 is 5.32 Å². The highest BCUT2D eigenvalue weighted by Crippen LogP contribution is 2.26. The summed E-state index contributed by atoms with van der Waals surface area (Å²) in [6.45, 7) is 5.63. The predicted octanol–water partition coefficient (Wildman–Crippen LogP) is 17.4. The molecule has 11 nitrogen and oxygen atoms in total. The van der Waals surface area contributed by atoms with Crippen molar-refractivity contribution < 1.29 is 49.3 Å². The quantitative estimate of drug-likeness (QED) is 0.0195. The van der Waals surface area contributed by atoms with E-state index in [9.17, 15) is 35.1 Å². The SMILES string of the molecule is CC/C=C\C/C=C\C/C=C\C/C=C\C/C=C\C/C=C\CCCC(O)C(=O)NC(COC1OC(CO)C(O)C(O)C1OC(=O)CCCCCCCCCCCC/C=C\C/C=C\C/C=C\CCCCC)C(O)/C=C/CCCCCCCCCCCCC. The van der Waals surface area contributed by atoms with E-state index >= 15 is 0 Å². The van der Waals surface area contributed by atoms with Crippen LogP contribution in [0.2, 0.25) is 0 Å². The molecule has 8 atom stereocenters. The monoisotopic (exact) mass is 1190 g/mol. The maximum absolute atomic E-state index is 13.5. The molecular weight excluding hydrogens is 1060 g/mol. The molecule has 1 amide bonds. The Bertz CT molecular complexity index is 1850. The van der Waals surface area contributed by atoms with Gasteiger partial charge in [-0.05, 0) is 116 Å². The summed E-state index contributed by atoms with van der Waals surface area (Å²) in [5.74, 6) is -1.25. The third kappa shape index (κ3) is 47.8. The van der Waals surface area contributed by atoms with Gasteiger partial charge in [-0.2, -0.15) is 0 Å². The molecule has 0 aromatic carbocycles. The van der Waals surface area contributed by atoms with E-state index in [1.165, 1.54) is 109 Å². The molecule has 1 heterocycles. The molecule has 6 N–H and O–H groups in total. The van der Waals surface area contributed by atoms with E-state index in [1.54, 1.807) is 6.08 Å². The third-order valence-electron chi connectivity index (χ3n) is 15.3. The van der Waals surface area contributed by atoms with Crippen LogP contribution in [-0.4, -0.2) is 99.6 Å². The largest absolute Gasteiger partial charge is 0.454 e. The van der Waals surface area contributed by atoms with Crippen molar-refractivity contribution in [3.63, 3.8) is 0 Å². The number of ether oxygens (including phenoxy) is 3. The van der Waals surface area contributed by atoms with Crippen molar-refractivity contribution in [3.8, 4) is 0 Å². The molecular formula is C74H125NO10. The van der Waals surface area contributed by atoms with Crippen LogP contribution in [0.5, 0.6) is 0 Å². The van der Waals surface area contributed by atoms with Gasteiger partial charge in [0.15, 0.2) is 12.4 Å². The van der Waals surface area contributed by atoms with Gasteiger partial charge in [0, 0.05) is 6.42 Å². The van der Waals surface area contributed by atoms with Crippen LogP contribution in [-0.2, 0) is 23.8 Å². The number of amides is 1. The highest BCUT2D eigenvalue weighted by molar-refractivity contribution is 5.80. The molecule has 0 aromatic rings. The normalized spacial score (nSPS) is 19.2. The molecule has 486 valence electrons. The molecule has 0 aliphatic carbocycles. The Kier molecular flexibility index (Phi) is 56.1. The molecule has 85 heavy (non-hydrogen) atoms. The van der Waals surface area contributed by atoms with Gasteiger partial charge in [0.05, 0.1) is 25.4 Å². The van der Waals surface area contributed by atoms with Gasteiger partial charge in [0.1, 0.15) is 24.4 Å². The smallest absolute Gasteiger partial charge is 0.306 e. The fourth-order valence-corrected chi connectivity index (χ4v) is 9.96. The van der Waals surface area contributed by atoms with Crippen LogP contribution in [0.25, 0.3) is 0 Å². The average molecular weight is 1190 g/mol. The molecule has 1 saturated heterocycles. The molecule has 8 unspecified atom stereocenters. The van der Waals surface area contributed by atoms with E-state index in [-0.39, 0.29) is 19.4 Å². The maximum atomic E-state index is 13.5. The number of hydrogen-bond donors (Lipinski definition) is 6. The summed E-state index contributed by atoms with van der Waals surface area (Å²) < 4.78 is 17.7. The standard InChI is InChI=1S/C74H125NO10/c1-4-7-10-13-16-19-22-25-27-29-31-33-34-35-37-39-41-44-47-50-53-56-59-62-69(79)85-72-71(81)70(80)68(63-76)84-74(72)83-64-65(66(77)60-57-54-51-48-45-42-24-21-18-15-12-9-6-3)75-73(82)67(78)61-58-55-52-49-46-43-40-38-36-32-30-28-26-23-20-17-14-11-8-5-2/h8,11,16-17,19-20,25-28,31-33,36,40,43,49,52,57,60,65-68,70-72,74,76-78,80-81H,4-7,9-10,12-15,18,21-24,29-30,34-35,37-39,41-42,44-48,50-51,53-56,58-59,61-64H2,1-3H3,(H,75,82)/b11-8-,19-16-,20-17-,27-25-,28-26-,33-31-,36-32-,43-40-,52-49-,60-57+. The Balaban J connectivity index is 2.66. The Labute approximate surface area is 519 Å². The molecule has 1 aliphatic heterocycles. The summed E-state index contributed by atoms with van der Waals surface area (Å²) in [5, 5.41) is 57.1. The van der Waals surface area contributed by atoms with E-state index in [0.29, 0.717) is 19.3 Å². The number of nitrogens with one attached hydrogen (secondary N) is 1. The van der Waals surface area contributed by atoms with Crippen molar-refractivity contribution in [2.75, 3.05) is 13.2 Å². The summed E-state index contributed by atoms with van der Waals surface area (Å²) in [6, 6.07) is -1.06. The first kappa shape index (κ1) is 79.1. The van der Waals surface area contributed by atoms with Crippen LogP contribution in [0.15, 0.2) is 122 Å². The van der Waals surface area contributed by atoms with E-state index in [0.717, 1.165) is 109 Å². The highest BCUT2D eigenvalue weighted by Gasteiger charge is 2.47. The van der Waals surface area contributed by atoms with Gasteiger partial charge >= 0.3 is 5.97 Å². The van der Waals surface area contributed by atoms with Crippen LogP contribution >= 0.6 is 0 Å². The molecule has 1 rings (SSSR count). The number of hydrogen-bond acceptors (Lipinski definition) is 10. The molecule has 0 aromatic heterocycles. The maximum Gasteiger partial charge on any atom is 0.306 e. The molecule has 0 radical (unpaired) electrons. The van der Waals surface area contributed by atoms with Crippen molar-refractivity contribution in [2.24, 2.45) is 0 Å². The second-order valence-electron chi connectivity index (χ2n) is 23.2. The van der Waals surface area contributed by atoms with E-state index in [2.05, 4.69) is 129 Å². The number of rotatable bonds is 57. The van der Waals surface area contributed by atoms with Crippen molar-refractivity contribution in [1.29, 1.82) is 0 Å². The molecule has 1 fully saturated rings. The zero-order chi connectivity index (χ0) is 61.7. The van der Waals surface area contributed by atoms with E-state index in [1.807, 2.05) is 12.2 Å². The Morgan fingerprint density at radius 2 is 0.847 bits per heavy atom. The van der Waals surface area contributed by atoms with Gasteiger partial charge in [-0.25, -0.2) is 0 Å². The number of carbonyl (C=O) groups excluding carboxylic acids is 2. The number of aliphatic hydroxyl groups excluding tert-OH is 5. The fourth-order valence-electron chi connectivity index (χ4n) is 9.96. The van der Waals surface area contributed by atoms with Crippen LogP contribution in [0.1, 0.15) is 271 Å². The van der Waals surface area contributed by atoms with Crippen molar-refractivity contribution in [3.05, 3.63) is 122 Å². The lowest BCUT2D eigenvalue weighted by Crippen LogP contribution is -2.61. The lowest BCUT2D eigenvalue weighted by atomic mass is 9.99. The minimum atomic E-state index is -1.63.